The zero-order chi connectivity index (χ0) is 21.8. The van der Waals surface area contributed by atoms with Gasteiger partial charge in [-0.25, -0.2) is 5.43 Å². The van der Waals surface area contributed by atoms with Crippen molar-refractivity contribution in [2.45, 2.75) is 27.7 Å². The standard InChI is InChI=1S/C23H23BrN4O2/c1-14-8-9-15(2)21(10-14)26-22(29)23(30)27-25-13-18-11-16(3)28(17(18)4)20-7-5-6-19(24)12-20/h5-13H,1-4H3,(H,26,29)(H,27,30)/b25-13-. The zero-order valence-corrected chi connectivity index (χ0v) is 18.9. The fourth-order valence-corrected chi connectivity index (χ4v) is 3.58. The minimum atomic E-state index is -0.826. The van der Waals surface area contributed by atoms with Crippen LogP contribution in [-0.2, 0) is 9.59 Å². The number of nitrogens with one attached hydrogen (secondary N) is 2. The minimum Gasteiger partial charge on any atom is -0.318 e. The number of hydrogen-bond acceptors (Lipinski definition) is 3. The number of nitrogens with zero attached hydrogens (tertiary/aromatic N) is 2. The highest BCUT2D eigenvalue weighted by molar-refractivity contribution is 9.10. The van der Waals surface area contributed by atoms with E-state index in [-0.39, 0.29) is 0 Å². The lowest BCUT2D eigenvalue weighted by molar-refractivity contribution is -0.136. The molecule has 1 heterocycles. The number of hydrogen-bond donors (Lipinski definition) is 2. The maximum absolute atomic E-state index is 12.2. The minimum absolute atomic E-state index is 0.608. The van der Waals surface area contributed by atoms with Crippen molar-refractivity contribution in [3.05, 3.63) is 81.1 Å². The molecule has 0 bridgehead atoms. The zero-order valence-electron chi connectivity index (χ0n) is 17.3. The number of halogens is 1. The number of carbonyl (C=O) groups excluding carboxylic acids is 2. The first-order valence-electron chi connectivity index (χ1n) is 9.43. The molecular formula is C23H23BrN4O2. The van der Waals surface area contributed by atoms with E-state index in [1.807, 2.05) is 76.2 Å². The van der Waals surface area contributed by atoms with Crippen LogP contribution in [0.4, 0.5) is 5.69 Å². The van der Waals surface area contributed by atoms with Crippen LogP contribution in [0.2, 0.25) is 0 Å². The molecule has 2 N–H and O–H groups in total. The summed E-state index contributed by atoms with van der Waals surface area (Å²) in [6.07, 6.45) is 1.54. The average molecular weight is 467 g/mol. The molecule has 6 nitrogen and oxygen atoms in total. The van der Waals surface area contributed by atoms with E-state index in [2.05, 4.69) is 36.3 Å². The van der Waals surface area contributed by atoms with Crippen molar-refractivity contribution >= 4 is 39.6 Å². The summed E-state index contributed by atoms with van der Waals surface area (Å²) in [5.41, 5.74) is 8.66. The normalized spacial score (nSPS) is 11.0. The summed E-state index contributed by atoms with van der Waals surface area (Å²) >= 11 is 3.49. The molecule has 0 aliphatic rings. The van der Waals surface area contributed by atoms with Gasteiger partial charge in [-0.2, -0.15) is 5.10 Å². The molecular weight excluding hydrogens is 444 g/mol. The molecule has 154 valence electrons. The Morgan fingerprint density at radius 1 is 1.00 bits per heavy atom. The molecule has 0 aliphatic carbocycles. The Labute approximate surface area is 184 Å². The van der Waals surface area contributed by atoms with Crippen LogP contribution in [-0.4, -0.2) is 22.6 Å². The second kappa shape index (κ2) is 9.09. The van der Waals surface area contributed by atoms with Gasteiger partial charge in [0.2, 0.25) is 0 Å². The van der Waals surface area contributed by atoms with E-state index in [1.54, 1.807) is 6.21 Å². The van der Waals surface area contributed by atoms with Gasteiger partial charge in [0.05, 0.1) is 6.21 Å². The molecule has 2 aromatic carbocycles. The molecule has 0 radical (unpaired) electrons. The smallest absolute Gasteiger partial charge is 0.318 e. The summed E-state index contributed by atoms with van der Waals surface area (Å²) < 4.78 is 3.09. The maximum Gasteiger partial charge on any atom is 0.329 e. The topological polar surface area (TPSA) is 75.5 Å². The third-order valence-electron chi connectivity index (χ3n) is 4.75. The lowest BCUT2D eigenvalue weighted by Crippen LogP contribution is -2.32. The van der Waals surface area contributed by atoms with Gasteiger partial charge >= 0.3 is 11.8 Å². The Balaban J connectivity index is 1.69. The summed E-state index contributed by atoms with van der Waals surface area (Å²) in [6.45, 7) is 7.77. The fraction of sp³-hybridized carbons (Fsp3) is 0.174. The summed E-state index contributed by atoms with van der Waals surface area (Å²) in [5, 5.41) is 6.58. The van der Waals surface area contributed by atoms with Crippen LogP contribution < -0.4 is 10.7 Å². The van der Waals surface area contributed by atoms with E-state index in [4.69, 9.17) is 0 Å². The molecule has 0 aliphatic heterocycles. The SMILES string of the molecule is Cc1ccc(C)c(NC(=O)C(=O)N/N=C\c2cc(C)n(-c3cccc(Br)c3)c2C)c1. The van der Waals surface area contributed by atoms with Crippen LogP contribution in [0.5, 0.6) is 0 Å². The number of aryl methyl sites for hydroxylation is 3. The third-order valence-corrected chi connectivity index (χ3v) is 5.25. The summed E-state index contributed by atoms with van der Waals surface area (Å²) in [6, 6.07) is 15.6. The largest absolute Gasteiger partial charge is 0.329 e. The molecule has 1 aromatic heterocycles. The molecule has 30 heavy (non-hydrogen) atoms. The second-order valence-corrected chi connectivity index (χ2v) is 8.03. The third kappa shape index (κ3) is 4.86. The monoisotopic (exact) mass is 466 g/mol. The summed E-state index contributed by atoms with van der Waals surface area (Å²) in [5.74, 6) is -1.59. The van der Waals surface area contributed by atoms with E-state index in [9.17, 15) is 9.59 Å². The fourth-order valence-electron chi connectivity index (χ4n) is 3.19. The van der Waals surface area contributed by atoms with Gasteiger partial charge in [0.1, 0.15) is 0 Å². The first-order valence-corrected chi connectivity index (χ1v) is 10.2. The second-order valence-electron chi connectivity index (χ2n) is 7.11. The average Bonchev–Trinajstić information content (AvgIpc) is 2.98. The van der Waals surface area contributed by atoms with Crippen molar-refractivity contribution in [1.82, 2.24) is 9.99 Å². The molecule has 0 unspecified atom stereocenters. The number of carbonyl (C=O) groups is 2. The van der Waals surface area contributed by atoms with Crippen molar-refractivity contribution < 1.29 is 9.59 Å². The number of benzene rings is 2. The summed E-state index contributed by atoms with van der Waals surface area (Å²) in [4.78, 5) is 24.3. The van der Waals surface area contributed by atoms with Crippen LogP contribution >= 0.6 is 15.9 Å². The van der Waals surface area contributed by atoms with E-state index < -0.39 is 11.8 Å². The first-order chi connectivity index (χ1) is 14.3. The van der Waals surface area contributed by atoms with Crippen LogP contribution in [0.15, 0.2) is 58.1 Å². The summed E-state index contributed by atoms with van der Waals surface area (Å²) in [7, 11) is 0. The van der Waals surface area contributed by atoms with Crippen LogP contribution in [0.25, 0.3) is 5.69 Å². The van der Waals surface area contributed by atoms with E-state index in [1.165, 1.54) is 0 Å². The molecule has 0 spiro atoms. The number of anilines is 1. The van der Waals surface area contributed by atoms with Gasteiger partial charge in [0.25, 0.3) is 0 Å². The van der Waals surface area contributed by atoms with Crippen LogP contribution in [0, 0.1) is 27.7 Å². The molecule has 3 rings (SSSR count). The van der Waals surface area contributed by atoms with Crippen molar-refractivity contribution in [2.75, 3.05) is 5.32 Å². The molecule has 7 heteroatoms. The molecule has 3 aromatic rings. The Bertz CT molecular complexity index is 1150. The Hall–Kier alpha value is -3.19. The van der Waals surface area contributed by atoms with Gasteiger partial charge in [-0.05, 0) is 69.2 Å². The Morgan fingerprint density at radius 2 is 1.77 bits per heavy atom. The molecule has 0 saturated carbocycles. The van der Waals surface area contributed by atoms with Gasteiger partial charge in [0.15, 0.2) is 0 Å². The van der Waals surface area contributed by atoms with Crippen molar-refractivity contribution in [3.63, 3.8) is 0 Å². The highest BCUT2D eigenvalue weighted by atomic mass is 79.9. The van der Waals surface area contributed by atoms with Gasteiger partial charge in [-0.15, -0.1) is 0 Å². The Kier molecular flexibility index (Phi) is 6.52. The predicted octanol–water partition coefficient (Wildman–Crippen LogP) is 4.56. The quantitative estimate of drug-likeness (QED) is 0.335. The highest BCUT2D eigenvalue weighted by Crippen LogP contribution is 2.22. The number of rotatable bonds is 4. The number of hydrazone groups is 1. The van der Waals surface area contributed by atoms with Crippen molar-refractivity contribution in [2.24, 2.45) is 5.10 Å². The van der Waals surface area contributed by atoms with E-state index in [0.717, 1.165) is 38.2 Å². The van der Waals surface area contributed by atoms with Crippen LogP contribution in [0.3, 0.4) is 0 Å². The first kappa shape index (κ1) is 21.5. The number of aromatic nitrogens is 1. The van der Waals surface area contributed by atoms with Crippen molar-refractivity contribution in [1.29, 1.82) is 0 Å². The predicted molar refractivity (Wildman–Crippen MR) is 123 cm³/mol. The van der Waals surface area contributed by atoms with Gasteiger partial charge in [-0.3, -0.25) is 9.59 Å². The Morgan fingerprint density at radius 3 is 2.50 bits per heavy atom. The lowest BCUT2D eigenvalue weighted by atomic mass is 10.1. The lowest BCUT2D eigenvalue weighted by Gasteiger charge is -2.10. The molecule has 0 atom stereocenters. The molecule has 0 saturated heterocycles. The van der Waals surface area contributed by atoms with E-state index >= 15 is 0 Å². The van der Waals surface area contributed by atoms with Gasteiger partial charge in [-0.1, -0.05) is 34.1 Å². The van der Waals surface area contributed by atoms with Gasteiger partial charge < -0.3 is 9.88 Å². The van der Waals surface area contributed by atoms with E-state index in [0.29, 0.717) is 5.69 Å². The molecule has 0 fully saturated rings. The van der Waals surface area contributed by atoms with Gasteiger partial charge in [0, 0.05) is 32.8 Å². The highest BCUT2D eigenvalue weighted by Gasteiger charge is 2.14. The van der Waals surface area contributed by atoms with Crippen LogP contribution in [0.1, 0.15) is 28.1 Å². The molecule has 2 amide bonds. The van der Waals surface area contributed by atoms with Crippen molar-refractivity contribution in [3.8, 4) is 5.69 Å². The maximum atomic E-state index is 12.2. The number of amides is 2.